The van der Waals surface area contributed by atoms with Gasteiger partial charge in [0.25, 0.3) is 11.7 Å². The highest BCUT2D eigenvalue weighted by atomic mass is 19.4. The molecule has 0 saturated carbocycles. The number of rotatable bonds is 1. The summed E-state index contributed by atoms with van der Waals surface area (Å²) in [5.41, 5.74) is 0. The highest BCUT2D eigenvalue weighted by Gasteiger charge is 2.37. The molecule has 1 N–H and O–H groups in total. The van der Waals surface area contributed by atoms with Gasteiger partial charge in [-0.05, 0) is 6.92 Å². The lowest BCUT2D eigenvalue weighted by Crippen LogP contribution is -2.07. The van der Waals surface area contributed by atoms with Crippen LogP contribution in [0.3, 0.4) is 0 Å². The van der Waals surface area contributed by atoms with Crippen LogP contribution in [0.5, 0.6) is 0 Å². The van der Waals surface area contributed by atoms with Crippen molar-refractivity contribution in [2.75, 3.05) is 0 Å². The number of alkyl halides is 3. The largest absolute Gasteiger partial charge is 0.455 e. The van der Waals surface area contributed by atoms with Crippen LogP contribution in [0, 0.1) is 0 Å². The zero-order chi connectivity index (χ0) is 9.35. The third-order valence-corrected chi connectivity index (χ3v) is 1.05. The highest BCUT2D eigenvalue weighted by molar-refractivity contribution is 4.92. The van der Waals surface area contributed by atoms with Crippen molar-refractivity contribution in [1.82, 2.24) is 10.1 Å². The third kappa shape index (κ3) is 1.73. The fourth-order valence-electron chi connectivity index (χ4n) is 0.520. The van der Waals surface area contributed by atoms with Crippen molar-refractivity contribution in [1.29, 1.82) is 0 Å². The average Bonchev–Trinajstić information content (AvgIpc) is 2.30. The number of aliphatic hydroxyl groups excluding tert-OH is 1. The van der Waals surface area contributed by atoms with Crippen molar-refractivity contribution < 1.29 is 22.8 Å². The van der Waals surface area contributed by atoms with Crippen LogP contribution in [0.25, 0.3) is 0 Å². The van der Waals surface area contributed by atoms with Crippen LogP contribution in [0.1, 0.15) is 24.7 Å². The van der Waals surface area contributed by atoms with Gasteiger partial charge in [0.05, 0.1) is 0 Å². The Morgan fingerprint density at radius 2 is 2.08 bits per heavy atom. The van der Waals surface area contributed by atoms with Gasteiger partial charge in [0, 0.05) is 0 Å². The van der Waals surface area contributed by atoms with Gasteiger partial charge in [-0.1, -0.05) is 5.16 Å². The number of hydrogen-bond donors (Lipinski definition) is 1. The molecule has 4 nitrogen and oxygen atoms in total. The summed E-state index contributed by atoms with van der Waals surface area (Å²) in [7, 11) is 0. The second-order valence-electron chi connectivity index (χ2n) is 2.13. The van der Waals surface area contributed by atoms with Crippen molar-refractivity contribution in [3.8, 4) is 0 Å². The number of nitrogens with zero attached hydrogens (tertiary/aromatic N) is 2. The minimum absolute atomic E-state index is 0.442. The molecular weight excluding hydrogens is 177 g/mol. The first-order valence-electron chi connectivity index (χ1n) is 3.00. The highest BCUT2D eigenvalue weighted by Crippen LogP contribution is 2.27. The third-order valence-electron chi connectivity index (χ3n) is 1.05. The van der Waals surface area contributed by atoms with Crippen LogP contribution >= 0.6 is 0 Å². The van der Waals surface area contributed by atoms with Crippen LogP contribution < -0.4 is 0 Å². The molecule has 12 heavy (non-hydrogen) atoms. The van der Waals surface area contributed by atoms with Gasteiger partial charge in [-0.15, -0.1) is 0 Å². The fraction of sp³-hybridized carbons (Fsp3) is 0.600. The van der Waals surface area contributed by atoms with Crippen molar-refractivity contribution >= 4 is 0 Å². The first kappa shape index (κ1) is 8.98. The Morgan fingerprint density at radius 3 is 2.33 bits per heavy atom. The summed E-state index contributed by atoms with van der Waals surface area (Å²) in [5.74, 6) is -1.82. The monoisotopic (exact) mass is 182 g/mol. The predicted molar refractivity (Wildman–Crippen MR) is 29.9 cm³/mol. The molecule has 0 spiro atoms. The van der Waals surface area contributed by atoms with Crippen LogP contribution in [-0.2, 0) is 6.18 Å². The molecule has 7 heteroatoms. The molecule has 0 amide bonds. The number of aliphatic hydroxyl groups is 1. The molecule has 68 valence electrons. The van der Waals surface area contributed by atoms with E-state index in [9.17, 15) is 13.2 Å². The van der Waals surface area contributed by atoms with Gasteiger partial charge in [-0.3, -0.25) is 0 Å². The predicted octanol–water partition coefficient (Wildman–Crippen LogP) is 1.14. The molecule has 0 bridgehead atoms. The zero-order valence-electron chi connectivity index (χ0n) is 5.96. The molecule has 0 saturated heterocycles. The lowest BCUT2D eigenvalue weighted by atomic mass is 10.4. The van der Waals surface area contributed by atoms with E-state index in [0.29, 0.717) is 0 Å². The van der Waals surface area contributed by atoms with Gasteiger partial charge in [0.1, 0.15) is 6.10 Å². The summed E-state index contributed by atoms with van der Waals surface area (Å²) < 4.78 is 39.5. The molecule has 1 atom stereocenters. The van der Waals surface area contributed by atoms with Crippen molar-refractivity contribution in [3.63, 3.8) is 0 Å². The number of halogens is 3. The summed E-state index contributed by atoms with van der Waals surface area (Å²) in [4.78, 5) is 2.93. The summed E-state index contributed by atoms with van der Waals surface area (Å²) in [6.45, 7) is 1.23. The van der Waals surface area contributed by atoms with Crippen LogP contribution in [0.4, 0.5) is 13.2 Å². The Balaban J connectivity index is 2.92. The first-order chi connectivity index (χ1) is 5.41. The van der Waals surface area contributed by atoms with Crippen molar-refractivity contribution in [2.45, 2.75) is 19.2 Å². The van der Waals surface area contributed by atoms with Gasteiger partial charge in [-0.2, -0.15) is 18.2 Å². The Kier molecular flexibility index (Phi) is 2.05. The summed E-state index contributed by atoms with van der Waals surface area (Å²) in [6.07, 6.45) is -5.81. The Bertz CT molecular complexity index is 268. The molecule has 0 aliphatic carbocycles. The lowest BCUT2D eigenvalue weighted by Gasteiger charge is -1.96. The summed E-state index contributed by atoms with van der Waals surface area (Å²) in [6, 6.07) is 0. The van der Waals surface area contributed by atoms with E-state index in [1.807, 2.05) is 0 Å². The maximum atomic E-state index is 11.8. The van der Waals surface area contributed by atoms with E-state index in [4.69, 9.17) is 5.11 Å². The molecule has 1 aromatic rings. The molecule has 0 radical (unpaired) electrons. The smallest absolute Gasteiger partial charge is 0.384 e. The van der Waals surface area contributed by atoms with Crippen LogP contribution in [0.2, 0.25) is 0 Å². The van der Waals surface area contributed by atoms with Crippen molar-refractivity contribution in [2.24, 2.45) is 0 Å². The minimum atomic E-state index is -4.63. The molecule has 1 heterocycles. The van der Waals surface area contributed by atoms with Gasteiger partial charge >= 0.3 is 6.18 Å². The van der Waals surface area contributed by atoms with Crippen LogP contribution in [0.15, 0.2) is 4.52 Å². The first-order valence-corrected chi connectivity index (χ1v) is 3.00. The molecule has 0 fully saturated rings. The molecule has 0 aliphatic heterocycles. The second kappa shape index (κ2) is 2.74. The number of aromatic nitrogens is 2. The Morgan fingerprint density at radius 1 is 1.50 bits per heavy atom. The molecule has 1 rings (SSSR count). The average molecular weight is 182 g/mol. The normalized spacial score (nSPS) is 14.8. The zero-order valence-corrected chi connectivity index (χ0v) is 5.96. The molecule has 1 unspecified atom stereocenters. The van der Waals surface area contributed by atoms with E-state index in [-0.39, 0.29) is 0 Å². The molecular formula is C5H5F3N2O2. The summed E-state index contributed by atoms with van der Waals surface area (Å²) in [5, 5.41) is 11.4. The second-order valence-corrected chi connectivity index (χ2v) is 2.13. The van der Waals surface area contributed by atoms with E-state index < -0.39 is 24.0 Å². The van der Waals surface area contributed by atoms with Crippen molar-refractivity contribution in [3.05, 3.63) is 11.7 Å². The molecule has 0 aromatic carbocycles. The van der Waals surface area contributed by atoms with Gasteiger partial charge in [0.2, 0.25) is 0 Å². The Labute approximate surface area is 65.0 Å². The maximum Gasteiger partial charge on any atom is 0.455 e. The van der Waals surface area contributed by atoms with Gasteiger partial charge in [-0.25, -0.2) is 0 Å². The minimum Gasteiger partial charge on any atom is -0.384 e. The summed E-state index contributed by atoms with van der Waals surface area (Å²) >= 11 is 0. The maximum absolute atomic E-state index is 11.8. The molecule has 1 aromatic heterocycles. The van der Waals surface area contributed by atoms with E-state index in [1.54, 1.807) is 0 Å². The SMILES string of the molecule is CC(O)c1nc(C(F)(F)F)no1. The van der Waals surface area contributed by atoms with Gasteiger partial charge in [0.15, 0.2) is 0 Å². The topological polar surface area (TPSA) is 59.2 Å². The van der Waals surface area contributed by atoms with Gasteiger partial charge < -0.3 is 9.63 Å². The number of hydrogen-bond acceptors (Lipinski definition) is 4. The standard InChI is InChI=1S/C5H5F3N2O2/c1-2(11)3-9-4(10-12-3)5(6,7)8/h2,11H,1H3. The fourth-order valence-corrected chi connectivity index (χ4v) is 0.520. The lowest BCUT2D eigenvalue weighted by molar-refractivity contribution is -0.146. The Hall–Kier alpha value is -1.11. The molecule has 0 aliphatic rings. The van der Waals surface area contributed by atoms with E-state index in [2.05, 4.69) is 14.7 Å². The van der Waals surface area contributed by atoms with E-state index >= 15 is 0 Å². The van der Waals surface area contributed by atoms with Crippen LogP contribution in [-0.4, -0.2) is 15.2 Å². The van der Waals surface area contributed by atoms with E-state index in [1.165, 1.54) is 6.92 Å². The van der Waals surface area contributed by atoms with E-state index in [0.717, 1.165) is 0 Å². The quantitative estimate of drug-likeness (QED) is 0.707.